The van der Waals surface area contributed by atoms with Gasteiger partial charge in [0.1, 0.15) is 20.6 Å². The molecule has 1 aliphatic rings. The SMILES string of the molecule is [B][C@@H]1S[C@H](CC)[C@@H](OP(C)N(C(C)C)C(C)C)[C@@H]1F. The predicted molar refractivity (Wildman–Crippen MR) is 85.9 cm³/mol. The van der Waals surface area contributed by atoms with Crippen LogP contribution in [0.4, 0.5) is 4.39 Å². The van der Waals surface area contributed by atoms with Crippen LogP contribution in [0, 0.1) is 0 Å². The smallest absolute Gasteiger partial charge is 0.131 e. The summed E-state index contributed by atoms with van der Waals surface area (Å²) in [6, 6.07) is 0.800. The number of halogens is 1. The second-order valence-corrected chi connectivity index (χ2v) is 8.62. The van der Waals surface area contributed by atoms with Crippen molar-refractivity contribution >= 4 is 27.9 Å². The maximum absolute atomic E-state index is 14.2. The van der Waals surface area contributed by atoms with E-state index < -0.39 is 19.6 Å². The number of thioether (sulfide) groups is 1. The Kier molecular flexibility index (Phi) is 7.13. The average molecular weight is 305 g/mol. The average Bonchev–Trinajstić information content (AvgIpc) is 2.55. The molecule has 1 saturated heterocycles. The Balaban J connectivity index is 2.71. The summed E-state index contributed by atoms with van der Waals surface area (Å²) in [6.45, 7) is 12.8. The van der Waals surface area contributed by atoms with Gasteiger partial charge in [-0.1, -0.05) is 6.92 Å². The van der Waals surface area contributed by atoms with E-state index in [4.69, 9.17) is 12.4 Å². The lowest BCUT2D eigenvalue weighted by molar-refractivity contribution is 0.114. The number of hydrogen-bond acceptors (Lipinski definition) is 3. The van der Waals surface area contributed by atoms with Crippen molar-refractivity contribution in [2.24, 2.45) is 0 Å². The lowest BCUT2D eigenvalue weighted by Gasteiger charge is -2.37. The molecule has 0 spiro atoms. The lowest BCUT2D eigenvalue weighted by atomic mass is 9.95. The fraction of sp³-hybridized carbons (Fsp3) is 1.00. The molecule has 2 radical (unpaired) electrons. The van der Waals surface area contributed by atoms with E-state index in [9.17, 15) is 4.39 Å². The Labute approximate surface area is 124 Å². The maximum Gasteiger partial charge on any atom is 0.131 e. The van der Waals surface area contributed by atoms with Crippen molar-refractivity contribution in [1.82, 2.24) is 4.67 Å². The highest BCUT2D eigenvalue weighted by Crippen LogP contribution is 2.48. The van der Waals surface area contributed by atoms with Crippen molar-refractivity contribution in [2.75, 3.05) is 6.66 Å². The third kappa shape index (κ3) is 4.33. The third-order valence-electron chi connectivity index (χ3n) is 3.39. The van der Waals surface area contributed by atoms with Gasteiger partial charge in [-0.25, -0.2) is 4.39 Å². The van der Waals surface area contributed by atoms with E-state index in [0.717, 1.165) is 6.42 Å². The molecule has 0 aromatic heterocycles. The van der Waals surface area contributed by atoms with Gasteiger partial charge in [0, 0.05) is 22.5 Å². The summed E-state index contributed by atoms with van der Waals surface area (Å²) in [5.74, 6) is 0. The van der Waals surface area contributed by atoms with Gasteiger partial charge in [-0.2, -0.15) is 11.8 Å². The quantitative estimate of drug-likeness (QED) is 0.547. The third-order valence-corrected chi connectivity index (χ3v) is 7.03. The van der Waals surface area contributed by atoms with E-state index in [1.165, 1.54) is 11.8 Å². The van der Waals surface area contributed by atoms with Crippen LogP contribution in [0.3, 0.4) is 0 Å². The minimum absolute atomic E-state index is 0.177. The molecule has 5 atom stereocenters. The first kappa shape index (κ1) is 17.7. The van der Waals surface area contributed by atoms with Gasteiger partial charge in [-0.05, 0) is 40.8 Å². The van der Waals surface area contributed by atoms with Crippen molar-refractivity contribution in [3.63, 3.8) is 0 Å². The van der Waals surface area contributed by atoms with Gasteiger partial charge in [0.2, 0.25) is 0 Å². The van der Waals surface area contributed by atoms with Crippen LogP contribution in [0.1, 0.15) is 41.0 Å². The molecule has 110 valence electrons. The van der Waals surface area contributed by atoms with E-state index in [2.05, 4.69) is 46.0 Å². The first-order valence-electron chi connectivity index (χ1n) is 7.03. The fourth-order valence-electron chi connectivity index (χ4n) is 2.68. The Bertz CT molecular complexity index is 277. The molecule has 6 heteroatoms. The number of hydrogen-bond donors (Lipinski definition) is 0. The zero-order valence-electron chi connectivity index (χ0n) is 12.8. The first-order valence-corrected chi connectivity index (χ1v) is 9.63. The molecule has 0 aromatic carbocycles. The molecule has 0 saturated carbocycles. The van der Waals surface area contributed by atoms with Crippen molar-refractivity contribution in [3.05, 3.63) is 0 Å². The topological polar surface area (TPSA) is 12.5 Å². The Morgan fingerprint density at radius 1 is 1.32 bits per heavy atom. The van der Waals surface area contributed by atoms with Gasteiger partial charge in [0.15, 0.2) is 0 Å². The monoisotopic (exact) mass is 305 g/mol. The molecule has 0 amide bonds. The maximum atomic E-state index is 14.2. The summed E-state index contributed by atoms with van der Waals surface area (Å²) in [7, 11) is 5.02. The number of alkyl halides is 1. The van der Waals surface area contributed by atoms with Crippen LogP contribution in [0.15, 0.2) is 0 Å². The number of nitrogens with zero attached hydrogens (tertiary/aromatic N) is 1. The van der Waals surface area contributed by atoms with E-state index in [0.29, 0.717) is 12.1 Å². The predicted octanol–water partition coefficient (Wildman–Crippen LogP) is 3.79. The molecule has 0 aliphatic carbocycles. The van der Waals surface area contributed by atoms with Crippen LogP contribution in [0.5, 0.6) is 0 Å². The minimum Gasteiger partial charge on any atom is -0.336 e. The molecule has 2 nitrogen and oxygen atoms in total. The van der Waals surface area contributed by atoms with E-state index in [1.807, 2.05) is 0 Å². The Morgan fingerprint density at radius 3 is 2.26 bits per heavy atom. The Morgan fingerprint density at radius 2 is 1.84 bits per heavy atom. The summed E-state index contributed by atoms with van der Waals surface area (Å²) in [6.07, 6.45) is -0.516. The van der Waals surface area contributed by atoms with Crippen LogP contribution in [0.25, 0.3) is 0 Å². The summed E-state index contributed by atoms with van der Waals surface area (Å²) < 4.78 is 22.6. The molecular weight excluding hydrogens is 279 g/mol. The minimum atomic E-state index is -1.05. The summed E-state index contributed by atoms with van der Waals surface area (Å²) in [5.41, 5.74) is 0. The highest BCUT2D eigenvalue weighted by atomic mass is 32.2. The molecule has 1 unspecified atom stereocenters. The van der Waals surface area contributed by atoms with Crippen LogP contribution in [0.2, 0.25) is 0 Å². The molecule has 1 heterocycles. The van der Waals surface area contributed by atoms with Crippen LogP contribution in [-0.2, 0) is 4.52 Å². The first-order chi connectivity index (χ1) is 8.79. The molecular formula is C13H26BFNOPS. The standard InChI is InChI=1S/C13H26BFNOPS/c1-7-10-12(11(15)13(14)19-10)17-18(6)16(8(2)3)9(4)5/h8-13H,7H2,1-6H3/t10-,11+,12-,13-,18?/m1/s1. The van der Waals surface area contributed by atoms with Gasteiger partial charge in [-0.15, -0.1) is 0 Å². The van der Waals surface area contributed by atoms with Crippen molar-refractivity contribution in [3.8, 4) is 0 Å². The summed E-state index contributed by atoms with van der Waals surface area (Å²) >= 11 is 1.52. The summed E-state index contributed by atoms with van der Waals surface area (Å²) in [5, 5.41) is -0.263. The van der Waals surface area contributed by atoms with Gasteiger partial charge >= 0.3 is 0 Å². The van der Waals surface area contributed by atoms with Gasteiger partial charge in [-0.3, -0.25) is 4.67 Å². The fourth-order valence-corrected chi connectivity index (χ4v) is 6.05. The molecule has 0 bridgehead atoms. The molecule has 0 aromatic rings. The van der Waals surface area contributed by atoms with Crippen LogP contribution >= 0.6 is 20.1 Å². The van der Waals surface area contributed by atoms with E-state index in [-0.39, 0.29) is 11.4 Å². The van der Waals surface area contributed by atoms with Gasteiger partial charge in [0.05, 0.1) is 7.85 Å². The van der Waals surface area contributed by atoms with E-state index in [1.54, 1.807) is 0 Å². The van der Waals surface area contributed by atoms with Crippen LogP contribution in [-0.4, -0.2) is 53.9 Å². The molecule has 0 N–H and O–H groups in total. The van der Waals surface area contributed by atoms with E-state index >= 15 is 0 Å². The van der Waals surface area contributed by atoms with Crippen LogP contribution < -0.4 is 0 Å². The lowest BCUT2D eigenvalue weighted by Crippen LogP contribution is -2.37. The van der Waals surface area contributed by atoms with Gasteiger partial charge < -0.3 is 4.52 Å². The summed E-state index contributed by atoms with van der Waals surface area (Å²) in [4.78, 5) is 0. The highest BCUT2D eigenvalue weighted by molar-refractivity contribution is 8.02. The number of rotatable bonds is 6. The highest BCUT2D eigenvalue weighted by Gasteiger charge is 2.43. The molecule has 1 aliphatic heterocycles. The largest absolute Gasteiger partial charge is 0.336 e. The normalized spacial score (nSPS) is 33.6. The zero-order chi connectivity index (χ0) is 14.7. The van der Waals surface area contributed by atoms with Crippen molar-refractivity contribution < 1.29 is 8.91 Å². The zero-order valence-corrected chi connectivity index (χ0v) is 14.5. The second-order valence-electron chi connectivity index (χ2n) is 5.59. The Hall–Kier alpha value is 0.695. The molecule has 1 fully saturated rings. The molecule has 19 heavy (non-hydrogen) atoms. The van der Waals surface area contributed by atoms with Gasteiger partial charge in [0.25, 0.3) is 0 Å². The second kappa shape index (κ2) is 7.63. The van der Waals surface area contributed by atoms with Crippen molar-refractivity contribution in [2.45, 2.75) is 75.8 Å². The van der Waals surface area contributed by atoms with Crippen molar-refractivity contribution in [1.29, 1.82) is 0 Å². The molecule has 1 rings (SSSR count).